The molecule has 0 saturated carbocycles. The van der Waals surface area contributed by atoms with Crippen LogP contribution in [0.25, 0.3) is 6.08 Å². The van der Waals surface area contributed by atoms with E-state index >= 15 is 0 Å². The minimum absolute atomic E-state index is 0.220. The Morgan fingerprint density at radius 1 is 1.32 bits per heavy atom. The van der Waals surface area contributed by atoms with Gasteiger partial charge in [0, 0.05) is 25.6 Å². The molecule has 0 unspecified atom stereocenters. The van der Waals surface area contributed by atoms with E-state index in [9.17, 15) is 4.79 Å². The summed E-state index contributed by atoms with van der Waals surface area (Å²) in [5.41, 5.74) is 2.11. The number of benzene rings is 1. The molecule has 3 nitrogen and oxygen atoms in total. The van der Waals surface area contributed by atoms with E-state index in [0.29, 0.717) is 12.3 Å². The van der Waals surface area contributed by atoms with Gasteiger partial charge in [-0.15, -0.1) is 0 Å². The van der Waals surface area contributed by atoms with Gasteiger partial charge in [0.2, 0.25) is 5.91 Å². The predicted molar refractivity (Wildman–Crippen MR) is 91.0 cm³/mol. The summed E-state index contributed by atoms with van der Waals surface area (Å²) in [6.07, 6.45) is 5.69. The molecule has 0 saturated heterocycles. The lowest BCUT2D eigenvalue weighted by atomic mass is 10.00. The van der Waals surface area contributed by atoms with Crippen LogP contribution in [0.2, 0.25) is 0 Å². The minimum atomic E-state index is -0.238. The van der Waals surface area contributed by atoms with Gasteiger partial charge in [-0.25, -0.2) is 0 Å². The lowest BCUT2D eigenvalue weighted by Crippen LogP contribution is -2.29. The molecular formula is C19H27NO2. The zero-order valence-electron chi connectivity index (χ0n) is 14.3. The zero-order valence-corrected chi connectivity index (χ0v) is 14.3. The van der Waals surface area contributed by atoms with Gasteiger partial charge >= 0.3 is 0 Å². The molecule has 1 amide bonds. The topological polar surface area (TPSA) is 29.5 Å². The van der Waals surface area contributed by atoms with Gasteiger partial charge in [0.05, 0.1) is 0 Å². The maximum absolute atomic E-state index is 12.0. The fraction of sp³-hybridized carbons (Fsp3) is 0.526. The third kappa shape index (κ3) is 4.36. The molecule has 22 heavy (non-hydrogen) atoms. The Kier molecular flexibility index (Phi) is 4.94. The molecule has 0 spiro atoms. The van der Waals surface area contributed by atoms with Gasteiger partial charge in [-0.05, 0) is 50.0 Å². The number of hydrogen-bond acceptors (Lipinski definition) is 2. The predicted octanol–water partition coefficient (Wildman–Crippen LogP) is 3.92. The number of fused-ring (bicyclic) bond motifs is 1. The standard InChI is InChI=1S/C19H27NO2/c1-14(2)12-18(21)20(5)11-9-15-6-7-17-16(13-15)8-10-19(3,4)22-17/h6-8,10,13-14H,9,11-12H2,1-5H3. The Hall–Kier alpha value is -1.77. The second-order valence-electron chi connectivity index (χ2n) is 7.07. The number of likely N-dealkylation sites (N-methyl/N-ethyl adjacent to an activating group) is 1. The van der Waals surface area contributed by atoms with Gasteiger partial charge in [0.15, 0.2) is 0 Å². The number of carbonyl (C=O) groups excluding carboxylic acids is 1. The van der Waals surface area contributed by atoms with Crippen molar-refractivity contribution in [3.8, 4) is 5.75 Å². The Labute approximate surface area is 134 Å². The zero-order chi connectivity index (χ0) is 16.3. The van der Waals surface area contributed by atoms with Gasteiger partial charge in [-0.1, -0.05) is 26.0 Å². The van der Waals surface area contributed by atoms with Gasteiger partial charge < -0.3 is 9.64 Å². The summed E-state index contributed by atoms with van der Waals surface area (Å²) >= 11 is 0. The smallest absolute Gasteiger partial charge is 0.222 e. The van der Waals surface area contributed by atoms with E-state index in [0.717, 1.165) is 24.3 Å². The molecule has 1 aliphatic heterocycles. The quantitative estimate of drug-likeness (QED) is 0.825. The Balaban J connectivity index is 1.96. The van der Waals surface area contributed by atoms with Crippen molar-refractivity contribution >= 4 is 12.0 Å². The number of rotatable bonds is 5. The van der Waals surface area contributed by atoms with E-state index in [1.807, 2.05) is 18.0 Å². The van der Waals surface area contributed by atoms with E-state index in [-0.39, 0.29) is 11.5 Å². The molecule has 0 aliphatic carbocycles. The average Bonchev–Trinajstić information content (AvgIpc) is 2.43. The summed E-state index contributed by atoms with van der Waals surface area (Å²) in [5.74, 6) is 1.56. The van der Waals surface area contributed by atoms with E-state index in [1.165, 1.54) is 5.56 Å². The maximum atomic E-state index is 12.0. The first-order chi connectivity index (χ1) is 10.3. The summed E-state index contributed by atoms with van der Waals surface area (Å²) in [5, 5.41) is 0. The van der Waals surface area contributed by atoms with Crippen molar-refractivity contribution in [1.29, 1.82) is 0 Å². The van der Waals surface area contributed by atoms with Crippen molar-refractivity contribution in [2.75, 3.05) is 13.6 Å². The SMILES string of the molecule is CC(C)CC(=O)N(C)CCc1ccc2c(c1)C=CC(C)(C)O2. The monoisotopic (exact) mass is 301 g/mol. The molecule has 0 radical (unpaired) electrons. The largest absolute Gasteiger partial charge is 0.483 e. The first kappa shape index (κ1) is 16.6. The van der Waals surface area contributed by atoms with Crippen molar-refractivity contribution in [3.63, 3.8) is 0 Å². The highest BCUT2D eigenvalue weighted by Gasteiger charge is 2.21. The maximum Gasteiger partial charge on any atom is 0.222 e. The molecule has 1 aromatic rings. The molecule has 0 N–H and O–H groups in total. The number of nitrogens with zero attached hydrogens (tertiary/aromatic N) is 1. The van der Waals surface area contributed by atoms with E-state index in [2.05, 4.69) is 52.0 Å². The fourth-order valence-corrected chi connectivity index (χ4v) is 2.51. The molecule has 0 aromatic heterocycles. The Morgan fingerprint density at radius 3 is 2.73 bits per heavy atom. The Morgan fingerprint density at radius 2 is 2.05 bits per heavy atom. The molecule has 120 valence electrons. The first-order valence-corrected chi connectivity index (χ1v) is 8.02. The average molecular weight is 301 g/mol. The molecule has 3 heteroatoms. The first-order valence-electron chi connectivity index (χ1n) is 8.02. The number of ether oxygens (including phenoxy) is 1. The van der Waals surface area contributed by atoms with Crippen LogP contribution in [0.3, 0.4) is 0 Å². The van der Waals surface area contributed by atoms with Crippen molar-refractivity contribution in [1.82, 2.24) is 4.90 Å². The third-order valence-electron chi connectivity index (χ3n) is 3.86. The Bertz CT molecular complexity index is 573. The summed E-state index contributed by atoms with van der Waals surface area (Å²) in [7, 11) is 1.88. The molecule has 1 aromatic carbocycles. The van der Waals surface area contributed by atoms with Crippen LogP contribution in [0.15, 0.2) is 24.3 Å². The summed E-state index contributed by atoms with van der Waals surface area (Å²) in [6.45, 7) is 9.00. The lowest BCUT2D eigenvalue weighted by molar-refractivity contribution is -0.130. The fourth-order valence-electron chi connectivity index (χ4n) is 2.51. The van der Waals surface area contributed by atoms with Gasteiger partial charge in [0.25, 0.3) is 0 Å². The van der Waals surface area contributed by atoms with Crippen LogP contribution >= 0.6 is 0 Å². The van der Waals surface area contributed by atoms with Crippen LogP contribution in [-0.2, 0) is 11.2 Å². The van der Waals surface area contributed by atoms with Crippen LogP contribution < -0.4 is 4.74 Å². The van der Waals surface area contributed by atoms with Crippen molar-refractivity contribution < 1.29 is 9.53 Å². The molecule has 1 heterocycles. The molecule has 0 fully saturated rings. The number of hydrogen-bond donors (Lipinski definition) is 0. The van der Waals surface area contributed by atoms with Crippen LogP contribution in [0, 0.1) is 5.92 Å². The molecule has 0 bridgehead atoms. The van der Waals surface area contributed by atoms with E-state index < -0.39 is 0 Å². The molecule has 0 atom stereocenters. The van der Waals surface area contributed by atoms with Crippen LogP contribution in [-0.4, -0.2) is 30.0 Å². The highest BCUT2D eigenvalue weighted by molar-refractivity contribution is 5.76. The van der Waals surface area contributed by atoms with Gasteiger partial charge in [-0.2, -0.15) is 0 Å². The van der Waals surface area contributed by atoms with Gasteiger partial charge in [0.1, 0.15) is 11.4 Å². The normalized spacial score (nSPS) is 15.4. The van der Waals surface area contributed by atoms with E-state index in [1.54, 1.807) is 0 Å². The highest BCUT2D eigenvalue weighted by atomic mass is 16.5. The molecule has 1 aliphatic rings. The van der Waals surface area contributed by atoms with Crippen molar-refractivity contribution in [2.45, 2.75) is 46.1 Å². The summed E-state index contributed by atoms with van der Waals surface area (Å²) < 4.78 is 5.93. The van der Waals surface area contributed by atoms with Crippen LogP contribution in [0.5, 0.6) is 5.75 Å². The minimum Gasteiger partial charge on any atom is -0.483 e. The van der Waals surface area contributed by atoms with Crippen LogP contribution in [0.1, 0.15) is 45.2 Å². The number of amides is 1. The third-order valence-corrected chi connectivity index (χ3v) is 3.86. The second kappa shape index (κ2) is 6.55. The molecule has 2 rings (SSSR count). The molecular weight excluding hydrogens is 274 g/mol. The van der Waals surface area contributed by atoms with Crippen LogP contribution in [0.4, 0.5) is 0 Å². The van der Waals surface area contributed by atoms with Crippen molar-refractivity contribution in [2.24, 2.45) is 5.92 Å². The summed E-state index contributed by atoms with van der Waals surface area (Å²) in [6, 6.07) is 6.28. The second-order valence-corrected chi connectivity index (χ2v) is 7.07. The van der Waals surface area contributed by atoms with Gasteiger partial charge in [-0.3, -0.25) is 4.79 Å². The number of carbonyl (C=O) groups is 1. The van der Waals surface area contributed by atoms with E-state index in [4.69, 9.17) is 4.74 Å². The van der Waals surface area contributed by atoms with Crippen molar-refractivity contribution in [3.05, 3.63) is 35.4 Å². The lowest BCUT2D eigenvalue weighted by Gasteiger charge is -2.28. The summed E-state index contributed by atoms with van der Waals surface area (Å²) in [4.78, 5) is 13.8. The highest BCUT2D eigenvalue weighted by Crippen LogP contribution is 2.31.